The number of carbonyl (C=O) groups is 3. The van der Waals surface area contributed by atoms with Crippen LogP contribution in [0.2, 0.25) is 10.0 Å². The van der Waals surface area contributed by atoms with Crippen molar-refractivity contribution in [2.75, 3.05) is 58.0 Å². The van der Waals surface area contributed by atoms with E-state index in [-0.39, 0.29) is 24.1 Å². The molecule has 1 N–H and O–H groups in total. The molecule has 0 aliphatic heterocycles. The van der Waals surface area contributed by atoms with Crippen LogP contribution >= 0.6 is 23.2 Å². The predicted molar refractivity (Wildman–Crippen MR) is 198 cm³/mol. The maximum atomic E-state index is 13.1. The van der Waals surface area contributed by atoms with Gasteiger partial charge < -0.3 is 29.3 Å². The Balaban J connectivity index is 1.32. The van der Waals surface area contributed by atoms with Crippen molar-refractivity contribution < 1.29 is 28.6 Å². The number of aromatic nitrogens is 1. The molecule has 0 bridgehead atoms. The van der Waals surface area contributed by atoms with E-state index in [1.165, 1.54) is 11.0 Å². The van der Waals surface area contributed by atoms with Crippen molar-refractivity contribution in [3.05, 3.63) is 105 Å². The van der Waals surface area contributed by atoms with E-state index in [9.17, 15) is 14.4 Å². The molecule has 0 unspecified atom stereocenters. The second-order valence-electron chi connectivity index (χ2n) is 11.2. The molecule has 0 fully saturated rings. The van der Waals surface area contributed by atoms with E-state index >= 15 is 0 Å². The number of hydrogen-bond acceptors (Lipinski definition) is 7. The van der Waals surface area contributed by atoms with Gasteiger partial charge in [0.05, 0.1) is 30.5 Å². The second-order valence-corrected chi connectivity index (χ2v) is 12.0. The number of fused-ring (bicyclic) bond motifs is 1. The largest absolute Gasteiger partial charge is 0.487 e. The van der Waals surface area contributed by atoms with Crippen molar-refractivity contribution in [1.29, 1.82) is 0 Å². The maximum Gasteiger partial charge on any atom is 0.254 e. The van der Waals surface area contributed by atoms with E-state index in [4.69, 9.17) is 37.4 Å². The zero-order chi connectivity index (χ0) is 36.0. The van der Waals surface area contributed by atoms with Gasteiger partial charge in [0, 0.05) is 66.7 Å². The number of carbonyl (C=O) groups excluding carboxylic acids is 3. The van der Waals surface area contributed by atoms with Crippen LogP contribution in [0.3, 0.4) is 0 Å². The summed E-state index contributed by atoms with van der Waals surface area (Å²) in [5.41, 5.74) is 3.75. The average Bonchev–Trinajstić information content (AvgIpc) is 3.12. The van der Waals surface area contributed by atoms with Crippen LogP contribution in [0.1, 0.15) is 41.0 Å². The molecule has 1 aromatic heterocycles. The molecule has 10 nitrogen and oxygen atoms in total. The predicted octanol–water partition coefficient (Wildman–Crippen LogP) is 6.74. The number of benzene rings is 3. The molecule has 1 heterocycles. The van der Waals surface area contributed by atoms with Crippen LogP contribution in [0.15, 0.2) is 72.8 Å². The third-order valence-electron chi connectivity index (χ3n) is 7.80. The van der Waals surface area contributed by atoms with Gasteiger partial charge in [0.2, 0.25) is 11.8 Å². The van der Waals surface area contributed by atoms with Gasteiger partial charge in [0.15, 0.2) is 0 Å². The molecule has 0 spiro atoms. The highest BCUT2D eigenvalue weighted by atomic mass is 35.5. The minimum atomic E-state index is -0.458. The highest BCUT2D eigenvalue weighted by molar-refractivity contribution is 6.38. The molecule has 0 radical (unpaired) electrons. The Hall–Kier alpha value is -4.48. The molecule has 0 saturated heterocycles. The summed E-state index contributed by atoms with van der Waals surface area (Å²) in [6, 6.07) is 19.8. The van der Waals surface area contributed by atoms with E-state index in [0.29, 0.717) is 72.7 Å². The fourth-order valence-electron chi connectivity index (χ4n) is 4.98. The van der Waals surface area contributed by atoms with Crippen molar-refractivity contribution >= 4 is 63.6 Å². The summed E-state index contributed by atoms with van der Waals surface area (Å²) in [5.74, 6) is -0.391. The number of pyridine rings is 1. The number of halogens is 2. The van der Waals surface area contributed by atoms with Gasteiger partial charge in [-0.1, -0.05) is 53.5 Å². The number of likely N-dealkylation sites (N-methyl/N-ethyl adjacent to an activating group) is 1. The first-order valence-corrected chi connectivity index (χ1v) is 17.1. The summed E-state index contributed by atoms with van der Waals surface area (Å²) in [4.78, 5) is 46.4. The van der Waals surface area contributed by atoms with Gasteiger partial charge in [-0.15, -0.1) is 0 Å². The molecular formula is C38H42Cl2N4O6. The average molecular weight is 722 g/mol. The maximum absolute atomic E-state index is 13.1. The number of para-hydroxylation sites is 1. The molecule has 4 aromatic rings. The quantitative estimate of drug-likeness (QED) is 0.0951. The molecule has 0 saturated carbocycles. The van der Waals surface area contributed by atoms with Crippen LogP contribution in [0.4, 0.5) is 5.69 Å². The molecule has 3 amide bonds. The Morgan fingerprint density at radius 2 is 1.60 bits per heavy atom. The molecule has 264 valence electrons. The Kier molecular flexibility index (Phi) is 14.6. The number of nitrogens with zero attached hydrogens (tertiary/aromatic N) is 3. The first kappa shape index (κ1) is 38.3. The van der Waals surface area contributed by atoms with Crippen LogP contribution in [0.25, 0.3) is 17.0 Å². The van der Waals surface area contributed by atoms with Gasteiger partial charge in [0.25, 0.3) is 5.91 Å². The molecule has 0 aliphatic carbocycles. The van der Waals surface area contributed by atoms with Gasteiger partial charge in [-0.05, 0) is 68.8 Å². The summed E-state index contributed by atoms with van der Waals surface area (Å²) >= 11 is 13.2. The second kappa shape index (κ2) is 19.1. The van der Waals surface area contributed by atoms with E-state index < -0.39 is 11.8 Å². The Morgan fingerprint density at radius 3 is 2.28 bits per heavy atom. The smallest absolute Gasteiger partial charge is 0.254 e. The van der Waals surface area contributed by atoms with Gasteiger partial charge in [-0.2, -0.15) is 0 Å². The third-order valence-corrected chi connectivity index (χ3v) is 8.58. The minimum absolute atomic E-state index is 0.0546. The zero-order valence-electron chi connectivity index (χ0n) is 28.7. The Bertz CT molecular complexity index is 1810. The summed E-state index contributed by atoms with van der Waals surface area (Å²) < 4.78 is 17.0. The number of hydrogen-bond donors (Lipinski definition) is 1. The topological polar surface area (TPSA) is 110 Å². The number of ether oxygens (including phenoxy) is 3. The first-order valence-electron chi connectivity index (χ1n) is 16.4. The van der Waals surface area contributed by atoms with Gasteiger partial charge in [-0.3, -0.25) is 14.4 Å². The third kappa shape index (κ3) is 10.5. The van der Waals surface area contributed by atoms with E-state index in [1.54, 1.807) is 54.4 Å². The van der Waals surface area contributed by atoms with Crippen molar-refractivity contribution in [1.82, 2.24) is 15.2 Å². The number of rotatable bonds is 17. The molecule has 4 rings (SSSR count). The SMILES string of the molecule is CCOCCN(CCOCC)C(=O)c1ccc(/C=C/C(=O)NCC(=O)N(C)c2ccc(Cl)c(COc3cccc4ccc(C)nc34)c2Cl)cc1. The number of nitrogens with one attached hydrogen (secondary N) is 1. The van der Waals surface area contributed by atoms with Crippen LogP contribution in [-0.2, 0) is 25.7 Å². The summed E-state index contributed by atoms with van der Waals surface area (Å²) in [7, 11) is 1.57. The number of anilines is 1. The van der Waals surface area contributed by atoms with Gasteiger partial charge in [0.1, 0.15) is 17.9 Å². The molecular weight excluding hydrogens is 679 g/mol. The Labute approximate surface area is 302 Å². The fraction of sp³-hybridized carbons (Fsp3) is 0.316. The van der Waals surface area contributed by atoms with E-state index in [2.05, 4.69) is 10.3 Å². The highest BCUT2D eigenvalue weighted by Crippen LogP contribution is 2.35. The monoisotopic (exact) mass is 720 g/mol. The van der Waals surface area contributed by atoms with Crippen molar-refractivity contribution in [2.45, 2.75) is 27.4 Å². The molecule has 12 heteroatoms. The number of amides is 3. The van der Waals surface area contributed by atoms with Gasteiger partial charge in [-0.25, -0.2) is 4.98 Å². The lowest BCUT2D eigenvalue weighted by Crippen LogP contribution is -2.37. The Morgan fingerprint density at radius 1 is 0.900 bits per heavy atom. The number of aryl methyl sites for hydroxylation is 1. The molecule has 50 heavy (non-hydrogen) atoms. The fourth-order valence-corrected chi connectivity index (χ4v) is 5.59. The lowest BCUT2D eigenvalue weighted by molar-refractivity contribution is -0.122. The lowest BCUT2D eigenvalue weighted by Gasteiger charge is -2.22. The zero-order valence-corrected chi connectivity index (χ0v) is 30.2. The van der Waals surface area contributed by atoms with Gasteiger partial charge >= 0.3 is 0 Å². The van der Waals surface area contributed by atoms with Crippen LogP contribution in [0.5, 0.6) is 5.75 Å². The highest BCUT2D eigenvalue weighted by Gasteiger charge is 2.20. The van der Waals surface area contributed by atoms with Crippen molar-refractivity contribution in [3.8, 4) is 5.75 Å². The molecule has 0 aliphatic rings. The van der Waals surface area contributed by atoms with Crippen molar-refractivity contribution in [3.63, 3.8) is 0 Å². The van der Waals surface area contributed by atoms with E-state index in [1.807, 2.05) is 51.1 Å². The van der Waals surface area contributed by atoms with E-state index in [0.717, 1.165) is 16.6 Å². The molecule has 3 aromatic carbocycles. The first-order chi connectivity index (χ1) is 24.1. The normalized spacial score (nSPS) is 11.2. The van der Waals surface area contributed by atoms with Crippen LogP contribution in [0, 0.1) is 6.92 Å². The standard InChI is InChI=1S/C38H42Cl2N4O6/c1-5-48-22-20-44(21-23-49-6-2)38(47)29-15-11-27(12-16-29)13-19-34(45)41-24-35(46)43(4)32-18-17-31(39)30(36(32)40)25-50-33-9-7-8-28-14-10-26(3)42-37(28)33/h7-19H,5-6,20-25H2,1-4H3,(H,41,45)/b19-13+. The van der Waals surface area contributed by atoms with Crippen molar-refractivity contribution in [2.24, 2.45) is 0 Å². The lowest BCUT2D eigenvalue weighted by atomic mass is 10.1. The van der Waals surface area contributed by atoms with Crippen LogP contribution < -0.4 is 15.0 Å². The summed E-state index contributed by atoms with van der Waals surface area (Å²) in [6.07, 6.45) is 2.93. The summed E-state index contributed by atoms with van der Waals surface area (Å²) in [6.45, 7) is 8.46. The van der Waals surface area contributed by atoms with Crippen LogP contribution in [-0.4, -0.2) is 80.7 Å². The minimum Gasteiger partial charge on any atom is -0.487 e. The summed E-state index contributed by atoms with van der Waals surface area (Å²) in [5, 5.41) is 4.20. The molecule has 0 atom stereocenters.